The average Bonchev–Trinajstić information content (AvgIpc) is 2.97. The Morgan fingerprint density at radius 2 is 1.92 bits per heavy atom. The van der Waals surface area contributed by atoms with Gasteiger partial charge in [-0.2, -0.15) is 5.10 Å². The molecule has 0 unspecified atom stereocenters. The summed E-state index contributed by atoms with van der Waals surface area (Å²) in [6.45, 7) is 1.14. The lowest BCUT2D eigenvalue weighted by Gasteiger charge is -2.54. The summed E-state index contributed by atoms with van der Waals surface area (Å²) in [7, 11) is 0. The molecule has 5 aliphatic rings. The molecule has 1 aromatic rings. The van der Waals surface area contributed by atoms with E-state index in [9.17, 15) is 14.7 Å². The van der Waals surface area contributed by atoms with Crippen LogP contribution >= 0.6 is 0 Å². The van der Waals surface area contributed by atoms with Crippen molar-refractivity contribution in [1.29, 1.82) is 0 Å². The Hall–Kier alpha value is -1.89. The number of aliphatic hydroxyl groups is 1. The minimum absolute atomic E-state index is 0.205. The molecule has 7 heteroatoms. The van der Waals surface area contributed by atoms with Gasteiger partial charge in [-0.3, -0.25) is 14.3 Å². The summed E-state index contributed by atoms with van der Waals surface area (Å²) in [5, 5.41) is 19.8. The molecular weight excluding hydrogens is 332 g/mol. The minimum Gasteiger partial charge on any atom is -0.389 e. The summed E-state index contributed by atoms with van der Waals surface area (Å²) < 4.78 is 1.44. The average molecular weight is 358 g/mol. The predicted molar refractivity (Wildman–Crippen MR) is 93.4 cm³/mol. The standard InChI is InChI=1S/C19H26N4O3/c24-14-7-20-19(26)17-6-16(22-23(17)9-14)18(25)21-8-15-12-2-10-1-11(4-12)5-13(15)3-10/h6,10-15,24H,1-5,7-9H2,(H,20,26)(H,21,25)/t10?,11?,12?,13?,14-,15?/m0/s1. The highest BCUT2D eigenvalue weighted by Crippen LogP contribution is 2.56. The highest BCUT2D eigenvalue weighted by molar-refractivity contribution is 5.98. The van der Waals surface area contributed by atoms with E-state index in [4.69, 9.17) is 0 Å². The second-order valence-electron chi connectivity index (χ2n) is 8.77. The lowest BCUT2D eigenvalue weighted by atomic mass is 9.52. The highest BCUT2D eigenvalue weighted by atomic mass is 16.3. The van der Waals surface area contributed by atoms with Crippen LogP contribution in [0.1, 0.15) is 53.1 Å². The third-order valence-electron chi connectivity index (χ3n) is 7.05. The molecule has 0 radical (unpaired) electrons. The Morgan fingerprint density at radius 1 is 1.23 bits per heavy atom. The molecule has 1 atom stereocenters. The van der Waals surface area contributed by atoms with Crippen molar-refractivity contribution in [2.75, 3.05) is 13.1 Å². The van der Waals surface area contributed by atoms with Crippen molar-refractivity contribution in [3.8, 4) is 0 Å². The van der Waals surface area contributed by atoms with Gasteiger partial charge < -0.3 is 15.7 Å². The third kappa shape index (κ3) is 2.73. The summed E-state index contributed by atoms with van der Waals surface area (Å²) >= 11 is 0. The summed E-state index contributed by atoms with van der Waals surface area (Å²) in [5.41, 5.74) is 0.592. The van der Waals surface area contributed by atoms with E-state index in [0.717, 1.165) is 23.7 Å². The zero-order valence-corrected chi connectivity index (χ0v) is 14.9. The van der Waals surface area contributed by atoms with Crippen LogP contribution in [0.25, 0.3) is 0 Å². The quantitative estimate of drug-likeness (QED) is 0.744. The molecule has 1 aromatic heterocycles. The van der Waals surface area contributed by atoms with Gasteiger partial charge in [0.1, 0.15) is 5.69 Å². The summed E-state index contributed by atoms with van der Waals surface area (Å²) in [4.78, 5) is 24.6. The molecule has 4 fully saturated rings. The summed E-state index contributed by atoms with van der Waals surface area (Å²) in [6.07, 6.45) is 6.09. The van der Waals surface area contributed by atoms with E-state index in [1.807, 2.05) is 0 Å². The molecule has 140 valence electrons. The number of hydrogen-bond donors (Lipinski definition) is 3. The van der Waals surface area contributed by atoms with Gasteiger partial charge in [0.2, 0.25) is 0 Å². The van der Waals surface area contributed by atoms with E-state index in [1.165, 1.54) is 42.9 Å². The molecule has 2 amide bonds. The monoisotopic (exact) mass is 358 g/mol. The van der Waals surface area contributed by atoms with Gasteiger partial charge >= 0.3 is 0 Å². The van der Waals surface area contributed by atoms with Gasteiger partial charge in [-0.1, -0.05) is 0 Å². The lowest BCUT2D eigenvalue weighted by molar-refractivity contribution is -0.0347. The van der Waals surface area contributed by atoms with Crippen LogP contribution in [-0.4, -0.2) is 45.9 Å². The first-order chi connectivity index (χ1) is 12.6. The first-order valence-corrected chi connectivity index (χ1v) is 9.89. The zero-order chi connectivity index (χ0) is 17.8. The van der Waals surface area contributed by atoms with Crippen molar-refractivity contribution < 1.29 is 14.7 Å². The number of nitrogens with one attached hydrogen (secondary N) is 2. The van der Waals surface area contributed by atoms with E-state index in [-0.39, 0.29) is 30.6 Å². The number of carbonyl (C=O) groups excluding carboxylic acids is 2. The van der Waals surface area contributed by atoms with Gasteiger partial charge in [0.05, 0.1) is 12.6 Å². The highest BCUT2D eigenvalue weighted by Gasteiger charge is 2.48. The molecular formula is C19H26N4O3. The van der Waals surface area contributed by atoms with Crippen molar-refractivity contribution in [3.05, 3.63) is 17.5 Å². The summed E-state index contributed by atoms with van der Waals surface area (Å²) in [5.74, 6) is 3.47. The minimum atomic E-state index is -0.691. The number of amides is 2. The Bertz CT molecular complexity index is 715. The molecule has 6 rings (SSSR count). The van der Waals surface area contributed by atoms with Crippen LogP contribution in [0.4, 0.5) is 0 Å². The van der Waals surface area contributed by atoms with Gasteiger partial charge in [-0.15, -0.1) is 0 Å². The van der Waals surface area contributed by atoms with Crippen molar-refractivity contribution in [1.82, 2.24) is 20.4 Å². The number of aliphatic hydroxyl groups excluding tert-OH is 1. The zero-order valence-electron chi connectivity index (χ0n) is 14.9. The molecule has 26 heavy (non-hydrogen) atoms. The van der Waals surface area contributed by atoms with E-state index in [1.54, 1.807) is 0 Å². The van der Waals surface area contributed by atoms with Gasteiger partial charge in [-0.25, -0.2) is 0 Å². The molecule has 2 heterocycles. The number of rotatable bonds is 3. The number of β-amino-alcohol motifs (C(OH)–C–C–N with tert-alkyl or cyclic N) is 1. The first-order valence-electron chi connectivity index (χ1n) is 9.89. The molecule has 0 saturated heterocycles. The maximum Gasteiger partial charge on any atom is 0.271 e. The first kappa shape index (κ1) is 16.3. The topological polar surface area (TPSA) is 96.2 Å². The Labute approximate surface area is 152 Å². The molecule has 1 aliphatic heterocycles. The predicted octanol–water partition coefficient (Wildman–Crippen LogP) is 0.789. The van der Waals surface area contributed by atoms with Gasteiger partial charge in [-0.05, 0) is 61.7 Å². The third-order valence-corrected chi connectivity index (χ3v) is 7.05. The molecule has 7 nitrogen and oxygen atoms in total. The van der Waals surface area contributed by atoms with E-state index in [0.29, 0.717) is 18.2 Å². The van der Waals surface area contributed by atoms with Crippen molar-refractivity contribution >= 4 is 11.8 Å². The number of carbonyl (C=O) groups is 2. The largest absolute Gasteiger partial charge is 0.389 e. The maximum absolute atomic E-state index is 12.6. The summed E-state index contributed by atoms with van der Waals surface area (Å²) in [6, 6.07) is 1.53. The second-order valence-corrected chi connectivity index (χ2v) is 8.77. The molecule has 3 N–H and O–H groups in total. The van der Waals surface area contributed by atoms with Crippen LogP contribution < -0.4 is 10.6 Å². The number of fused-ring (bicyclic) bond motifs is 1. The fourth-order valence-corrected chi connectivity index (χ4v) is 6.09. The van der Waals surface area contributed by atoms with E-state index >= 15 is 0 Å². The SMILES string of the molecule is O=C(NCC1C2CC3CC(C2)CC1C3)c1cc2n(n1)C[C@@H](O)CNC2=O. The van der Waals surface area contributed by atoms with Gasteiger partial charge in [0.15, 0.2) is 5.69 Å². The Morgan fingerprint density at radius 3 is 2.62 bits per heavy atom. The molecule has 4 bridgehead atoms. The normalized spacial score (nSPS) is 37.8. The van der Waals surface area contributed by atoms with Gasteiger partial charge in [0, 0.05) is 19.2 Å². The van der Waals surface area contributed by atoms with Crippen LogP contribution in [0.15, 0.2) is 6.07 Å². The fraction of sp³-hybridized carbons (Fsp3) is 0.737. The van der Waals surface area contributed by atoms with Crippen LogP contribution in [0.3, 0.4) is 0 Å². The Balaban J connectivity index is 1.26. The molecule has 4 saturated carbocycles. The maximum atomic E-state index is 12.6. The number of nitrogens with zero attached hydrogens (tertiary/aromatic N) is 2. The van der Waals surface area contributed by atoms with Crippen molar-refractivity contribution in [2.45, 2.75) is 44.8 Å². The van der Waals surface area contributed by atoms with E-state index in [2.05, 4.69) is 15.7 Å². The molecule has 0 aromatic carbocycles. The van der Waals surface area contributed by atoms with Crippen LogP contribution in [0.5, 0.6) is 0 Å². The molecule has 0 spiro atoms. The number of aromatic nitrogens is 2. The van der Waals surface area contributed by atoms with Crippen LogP contribution in [0, 0.1) is 29.6 Å². The molecule has 4 aliphatic carbocycles. The van der Waals surface area contributed by atoms with Gasteiger partial charge in [0.25, 0.3) is 11.8 Å². The van der Waals surface area contributed by atoms with Crippen LogP contribution in [-0.2, 0) is 6.54 Å². The van der Waals surface area contributed by atoms with Crippen LogP contribution in [0.2, 0.25) is 0 Å². The van der Waals surface area contributed by atoms with Crippen molar-refractivity contribution in [2.24, 2.45) is 29.6 Å². The Kier molecular flexibility index (Phi) is 3.81. The number of hydrogen-bond acceptors (Lipinski definition) is 4. The van der Waals surface area contributed by atoms with Crippen molar-refractivity contribution in [3.63, 3.8) is 0 Å². The lowest BCUT2D eigenvalue weighted by Crippen LogP contribution is -2.49. The fourth-order valence-electron chi connectivity index (χ4n) is 6.09. The van der Waals surface area contributed by atoms with E-state index < -0.39 is 6.10 Å². The second kappa shape index (κ2) is 6.08. The smallest absolute Gasteiger partial charge is 0.271 e.